The first-order valence-corrected chi connectivity index (χ1v) is 8.00. The molecule has 2 amide bonds. The molecule has 0 saturated heterocycles. The molecule has 0 saturated carbocycles. The average Bonchev–Trinajstić information content (AvgIpc) is 3.07. The standard InChI is InChI=1S/C18H17FN4O3/c19-12-5-7-13(8-6-12)26-11-18(25)23-22-17(24)10-9-16-20-14-3-1-2-4-15(14)21-16/h1-8H,9-11H2,(H,20,21)(H,22,24)(H,23,25). The monoisotopic (exact) mass is 356 g/mol. The van der Waals surface area contributed by atoms with Gasteiger partial charge in [-0.3, -0.25) is 20.4 Å². The number of halogens is 1. The number of carbonyl (C=O) groups excluding carboxylic acids is 2. The number of hydrazine groups is 1. The predicted octanol–water partition coefficient (Wildman–Crippen LogP) is 1.86. The van der Waals surface area contributed by atoms with Crippen LogP contribution in [0.1, 0.15) is 12.2 Å². The van der Waals surface area contributed by atoms with Crippen molar-refractivity contribution in [2.45, 2.75) is 12.8 Å². The first kappa shape index (κ1) is 17.4. The van der Waals surface area contributed by atoms with Crippen LogP contribution >= 0.6 is 0 Å². The van der Waals surface area contributed by atoms with E-state index in [0.717, 1.165) is 11.0 Å². The number of hydrogen-bond acceptors (Lipinski definition) is 4. The van der Waals surface area contributed by atoms with E-state index in [4.69, 9.17) is 4.74 Å². The molecule has 1 aromatic heterocycles. The van der Waals surface area contributed by atoms with Gasteiger partial charge in [-0.15, -0.1) is 0 Å². The molecule has 0 radical (unpaired) electrons. The zero-order chi connectivity index (χ0) is 18.4. The van der Waals surface area contributed by atoms with E-state index in [9.17, 15) is 14.0 Å². The minimum Gasteiger partial charge on any atom is -0.484 e. The van der Waals surface area contributed by atoms with Crippen LogP contribution < -0.4 is 15.6 Å². The number of H-pyrrole nitrogens is 1. The molecule has 2 aromatic carbocycles. The Hall–Kier alpha value is -3.42. The summed E-state index contributed by atoms with van der Waals surface area (Å²) >= 11 is 0. The summed E-state index contributed by atoms with van der Waals surface area (Å²) < 4.78 is 17.9. The van der Waals surface area contributed by atoms with Crippen LogP contribution in [0.5, 0.6) is 5.75 Å². The largest absolute Gasteiger partial charge is 0.484 e. The van der Waals surface area contributed by atoms with Gasteiger partial charge in [0, 0.05) is 12.8 Å². The minimum absolute atomic E-state index is 0.166. The number of aryl methyl sites for hydroxylation is 1. The lowest BCUT2D eigenvalue weighted by Gasteiger charge is -2.08. The van der Waals surface area contributed by atoms with Gasteiger partial charge in [0.15, 0.2) is 6.61 Å². The van der Waals surface area contributed by atoms with E-state index in [1.54, 1.807) is 0 Å². The van der Waals surface area contributed by atoms with E-state index in [-0.39, 0.29) is 18.9 Å². The molecule has 3 N–H and O–H groups in total. The Kier molecular flexibility index (Phi) is 5.43. The van der Waals surface area contributed by atoms with Crippen molar-refractivity contribution >= 4 is 22.8 Å². The third-order valence-electron chi connectivity index (χ3n) is 3.55. The van der Waals surface area contributed by atoms with Crippen molar-refractivity contribution < 1.29 is 18.7 Å². The molecule has 0 aliphatic rings. The van der Waals surface area contributed by atoms with Crippen LogP contribution in [-0.2, 0) is 16.0 Å². The summed E-state index contributed by atoms with van der Waals surface area (Å²) in [5, 5.41) is 0. The lowest BCUT2D eigenvalue weighted by atomic mass is 10.3. The molecular weight excluding hydrogens is 339 g/mol. The van der Waals surface area contributed by atoms with Crippen LogP contribution in [0, 0.1) is 5.82 Å². The summed E-state index contributed by atoms with van der Waals surface area (Å²) in [5.74, 6) is -0.199. The molecule has 0 atom stereocenters. The molecule has 0 aliphatic heterocycles. The van der Waals surface area contributed by atoms with E-state index >= 15 is 0 Å². The summed E-state index contributed by atoms with van der Waals surface area (Å²) in [6.07, 6.45) is 0.585. The number of hydrogen-bond donors (Lipinski definition) is 3. The minimum atomic E-state index is -0.522. The van der Waals surface area contributed by atoms with Crippen molar-refractivity contribution in [1.29, 1.82) is 0 Å². The number of nitrogens with one attached hydrogen (secondary N) is 3. The number of imidazole rings is 1. The van der Waals surface area contributed by atoms with Crippen LogP contribution in [-0.4, -0.2) is 28.4 Å². The number of amides is 2. The van der Waals surface area contributed by atoms with Crippen LogP contribution in [0.25, 0.3) is 11.0 Å². The number of para-hydroxylation sites is 2. The Labute approximate surface area is 148 Å². The third kappa shape index (κ3) is 4.79. The van der Waals surface area contributed by atoms with Gasteiger partial charge < -0.3 is 9.72 Å². The molecule has 7 nitrogen and oxygen atoms in total. The molecule has 1 heterocycles. The molecule has 134 valence electrons. The summed E-state index contributed by atoms with van der Waals surface area (Å²) in [7, 11) is 0. The van der Waals surface area contributed by atoms with Crippen molar-refractivity contribution in [2.24, 2.45) is 0 Å². The van der Waals surface area contributed by atoms with Crippen LogP contribution in [0.4, 0.5) is 4.39 Å². The van der Waals surface area contributed by atoms with Gasteiger partial charge >= 0.3 is 0 Å². The first-order chi connectivity index (χ1) is 12.6. The molecule has 0 aliphatic carbocycles. The van der Waals surface area contributed by atoms with E-state index in [1.807, 2.05) is 24.3 Å². The summed E-state index contributed by atoms with van der Waals surface area (Å²) in [4.78, 5) is 30.9. The molecule has 0 spiro atoms. The van der Waals surface area contributed by atoms with Crippen molar-refractivity contribution in [3.05, 3.63) is 60.2 Å². The second-order valence-corrected chi connectivity index (χ2v) is 5.54. The number of rotatable bonds is 6. The Bertz CT molecular complexity index is 875. The fourth-order valence-electron chi connectivity index (χ4n) is 2.27. The first-order valence-electron chi connectivity index (χ1n) is 8.00. The van der Waals surface area contributed by atoms with Crippen LogP contribution in [0.3, 0.4) is 0 Å². The molecule has 0 unspecified atom stereocenters. The molecule has 3 rings (SSSR count). The van der Waals surface area contributed by atoms with Crippen molar-refractivity contribution in [2.75, 3.05) is 6.61 Å². The lowest BCUT2D eigenvalue weighted by molar-refractivity contribution is -0.130. The van der Waals surface area contributed by atoms with E-state index < -0.39 is 11.7 Å². The fourth-order valence-corrected chi connectivity index (χ4v) is 2.27. The maximum Gasteiger partial charge on any atom is 0.276 e. The van der Waals surface area contributed by atoms with E-state index in [1.165, 1.54) is 24.3 Å². The third-order valence-corrected chi connectivity index (χ3v) is 3.55. The maximum absolute atomic E-state index is 12.8. The highest BCUT2D eigenvalue weighted by molar-refractivity contribution is 5.83. The number of aromatic amines is 1. The van der Waals surface area contributed by atoms with Crippen molar-refractivity contribution in [1.82, 2.24) is 20.8 Å². The SMILES string of the molecule is O=C(CCc1nc2ccccc2[nH]1)NNC(=O)COc1ccc(F)cc1. The predicted molar refractivity (Wildman–Crippen MR) is 92.6 cm³/mol. The number of aromatic nitrogens is 2. The highest BCUT2D eigenvalue weighted by atomic mass is 19.1. The second kappa shape index (κ2) is 8.11. The smallest absolute Gasteiger partial charge is 0.276 e. The number of carbonyl (C=O) groups is 2. The number of benzene rings is 2. The topological polar surface area (TPSA) is 96.1 Å². The Morgan fingerprint density at radius 1 is 1.04 bits per heavy atom. The van der Waals surface area contributed by atoms with E-state index in [0.29, 0.717) is 18.0 Å². The zero-order valence-electron chi connectivity index (χ0n) is 13.8. The van der Waals surface area contributed by atoms with Crippen LogP contribution in [0.15, 0.2) is 48.5 Å². The average molecular weight is 356 g/mol. The maximum atomic E-state index is 12.8. The van der Waals surface area contributed by atoms with Gasteiger partial charge in [0.25, 0.3) is 5.91 Å². The van der Waals surface area contributed by atoms with Gasteiger partial charge in [-0.1, -0.05) is 12.1 Å². The van der Waals surface area contributed by atoms with Gasteiger partial charge in [0.2, 0.25) is 5.91 Å². The Morgan fingerprint density at radius 3 is 2.54 bits per heavy atom. The summed E-state index contributed by atoms with van der Waals surface area (Å²) in [6.45, 7) is -0.296. The zero-order valence-corrected chi connectivity index (χ0v) is 13.8. The van der Waals surface area contributed by atoms with Gasteiger partial charge in [0.05, 0.1) is 11.0 Å². The highest BCUT2D eigenvalue weighted by Gasteiger charge is 2.08. The van der Waals surface area contributed by atoms with Crippen molar-refractivity contribution in [3.8, 4) is 5.75 Å². The fraction of sp³-hybridized carbons (Fsp3) is 0.167. The molecule has 0 bridgehead atoms. The Balaban J connectivity index is 1.37. The summed E-state index contributed by atoms with van der Waals surface area (Å²) in [6, 6.07) is 12.9. The van der Waals surface area contributed by atoms with E-state index in [2.05, 4.69) is 20.8 Å². The highest BCUT2D eigenvalue weighted by Crippen LogP contribution is 2.11. The molecule has 0 fully saturated rings. The van der Waals surface area contributed by atoms with Gasteiger partial charge in [-0.05, 0) is 36.4 Å². The molecule has 3 aromatic rings. The van der Waals surface area contributed by atoms with Gasteiger partial charge in [-0.25, -0.2) is 9.37 Å². The van der Waals surface area contributed by atoms with Crippen molar-refractivity contribution in [3.63, 3.8) is 0 Å². The number of nitrogens with zero attached hydrogens (tertiary/aromatic N) is 1. The summed E-state index contributed by atoms with van der Waals surface area (Å²) in [5.41, 5.74) is 6.32. The number of ether oxygens (including phenoxy) is 1. The normalized spacial score (nSPS) is 10.5. The Morgan fingerprint density at radius 2 is 1.77 bits per heavy atom. The lowest BCUT2D eigenvalue weighted by Crippen LogP contribution is -2.43. The number of fused-ring (bicyclic) bond motifs is 1. The molecule has 26 heavy (non-hydrogen) atoms. The van der Waals surface area contributed by atoms with Gasteiger partial charge in [0.1, 0.15) is 17.4 Å². The quantitative estimate of drug-likeness (QED) is 0.588. The molecule has 8 heteroatoms. The van der Waals surface area contributed by atoms with Gasteiger partial charge in [-0.2, -0.15) is 0 Å². The molecular formula is C18H17FN4O3. The van der Waals surface area contributed by atoms with Crippen LogP contribution in [0.2, 0.25) is 0 Å². The second-order valence-electron chi connectivity index (χ2n) is 5.54.